The largest absolute Gasteiger partial charge is 0.343 e. The van der Waals surface area contributed by atoms with Crippen molar-refractivity contribution in [3.8, 4) is 11.3 Å². The molecule has 0 fully saturated rings. The van der Waals surface area contributed by atoms with Gasteiger partial charge in [-0.1, -0.05) is 19.1 Å². The highest BCUT2D eigenvalue weighted by atomic mass is 32.1. The van der Waals surface area contributed by atoms with Crippen LogP contribution in [0.3, 0.4) is 0 Å². The Morgan fingerprint density at radius 3 is 2.53 bits per heavy atom. The average molecular weight is 284 g/mol. The van der Waals surface area contributed by atoms with E-state index in [4.69, 9.17) is 12.2 Å². The fourth-order valence-corrected chi connectivity index (χ4v) is 1.95. The second-order valence-corrected chi connectivity index (χ2v) is 4.45. The molecule has 0 aliphatic heterocycles. The maximum absolute atomic E-state index is 13.8. The molecule has 0 radical (unpaired) electrons. The lowest BCUT2D eigenvalue weighted by atomic mass is 10.1. The summed E-state index contributed by atoms with van der Waals surface area (Å²) in [5, 5.41) is 0. The van der Waals surface area contributed by atoms with E-state index in [0.717, 1.165) is 6.07 Å². The Labute approximate surface area is 113 Å². The second-order valence-electron chi connectivity index (χ2n) is 4.07. The van der Waals surface area contributed by atoms with Crippen molar-refractivity contribution < 1.29 is 13.2 Å². The van der Waals surface area contributed by atoms with Crippen molar-refractivity contribution in [1.82, 2.24) is 9.97 Å². The summed E-state index contributed by atoms with van der Waals surface area (Å²) in [5.74, 6) is -3.38. The van der Waals surface area contributed by atoms with Gasteiger partial charge in [0.05, 0.1) is 5.69 Å². The third-order valence-corrected chi connectivity index (χ3v) is 3.24. The molecule has 1 N–H and O–H groups in total. The van der Waals surface area contributed by atoms with E-state index < -0.39 is 17.5 Å². The van der Waals surface area contributed by atoms with Crippen LogP contribution in [0.25, 0.3) is 11.3 Å². The molecular formula is C13H11F3N2S. The topological polar surface area (TPSA) is 28.7 Å². The highest BCUT2D eigenvalue weighted by molar-refractivity contribution is 7.71. The molecule has 2 nitrogen and oxygen atoms in total. The van der Waals surface area contributed by atoms with E-state index in [-0.39, 0.29) is 5.56 Å². The van der Waals surface area contributed by atoms with Crippen LogP contribution in [-0.4, -0.2) is 9.97 Å². The molecular weight excluding hydrogens is 273 g/mol. The van der Waals surface area contributed by atoms with Crippen molar-refractivity contribution in [2.75, 3.05) is 0 Å². The summed E-state index contributed by atoms with van der Waals surface area (Å²) in [6.07, 6.45) is 0.572. The summed E-state index contributed by atoms with van der Waals surface area (Å²) in [6.45, 7) is 3.51. The van der Waals surface area contributed by atoms with Crippen LogP contribution >= 0.6 is 12.2 Å². The highest BCUT2D eigenvalue weighted by Crippen LogP contribution is 2.27. The molecule has 2 aromatic rings. The maximum Gasteiger partial charge on any atom is 0.195 e. The molecule has 0 saturated carbocycles. The number of H-pyrrole nitrogens is 1. The molecule has 0 atom stereocenters. The van der Waals surface area contributed by atoms with Gasteiger partial charge in [-0.05, 0) is 19.1 Å². The molecule has 100 valence electrons. The first kappa shape index (κ1) is 13.7. The Kier molecular flexibility index (Phi) is 3.71. The first-order valence-electron chi connectivity index (χ1n) is 5.69. The number of hydrogen-bond acceptors (Lipinski definition) is 2. The third-order valence-electron chi connectivity index (χ3n) is 2.84. The molecule has 1 aromatic carbocycles. The van der Waals surface area contributed by atoms with Gasteiger partial charge in [0, 0.05) is 17.5 Å². The maximum atomic E-state index is 13.8. The Bertz CT molecular complexity index is 695. The number of aryl methyl sites for hydroxylation is 1. The van der Waals surface area contributed by atoms with Gasteiger partial charge in [-0.2, -0.15) is 0 Å². The number of hydrogen-bond donors (Lipinski definition) is 1. The molecule has 19 heavy (non-hydrogen) atoms. The van der Waals surface area contributed by atoms with Gasteiger partial charge in [0.25, 0.3) is 0 Å². The number of benzene rings is 1. The Morgan fingerprint density at radius 2 is 1.89 bits per heavy atom. The lowest BCUT2D eigenvalue weighted by Crippen LogP contribution is -2.02. The first-order valence-corrected chi connectivity index (χ1v) is 6.10. The summed E-state index contributed by atoms with van der Waals surface area (Å²) in [4.78, 5) is 7.02. The highest BCUT2D eigenvalue weighted by Gasteiger charge is 2.17. The first-order chi connectivity index (χ1) is 8.95. The van der Waals surface area contributed by atoms with E-state index in [2.05, 4.69) is 9.97 Å². The fourth-order valence-electron chi connectivity index (χ4n) is 1.74. The van der Waals surface area contributed by atoms with Gasteiger partial charge in [0.2, 0.25) is 0 Å². The van der Waals surface area contributed by atoms with Crippen LogP contribution in [0.4, 0.5) is 13.2 Å². The van der Waals surface area contributed by atoms with Crippen LogP contribution in [0.1, 0.15) is 18.3 Å². The van der Waals surface area contributed by atoms with Crippen molar-refractivity contribution in [2.45, 2.75) is 20.3 Å². The van der Waals surface area contributed by atoms with E-state index in [9.17, 15) is 13.2 Å². The minimum Gasteiger partial charge on any atom is -0.343 e. The zero-order chi connectivity index (χ0) is 14.2. The van der Waals surface area contributed by atoms with Crippen LogP contribution in [-0.2, 0) is 6.42 Å². The summed E-state index contributed by atoms with van der Waals surface area (Å²) < 4.78 is 40.3. The second kappa shape index (κ2) is 5.13. The number of aromatic nitrogens is 2. The lowest BCUT2D eigenvalue weighted by molar-refractivity contribution is 0.448. The van der Waals surface area contributed by atoms with Gasteiger partial charge in [0.1, 0.15) is 10.5 Å². The summed E-state index contributed by atoms with van der Waals surface area (Å²) >= 11 is 5.08. The SMILES string of the molecule is CCc1nc(=S)c(C)c(-c2ccc(F)c(F)c2F)[nH]1. The smallest absolute Gasteiger partial charge is 0.195 e. The van der Waals surface area contributed by atoms with Crippen molar-refractivity contribution in [1.29, 1.82) is 0 Å². The molecule has 0 amide bonds. The molecule has 2 rings (SSSR count). The Morgan fingerprint density at radius 1 is 1.21 bits per heavy atom. The van der Waals surface area contributed by atoms with Crippen LogP contribution in [0, 0.1) is 29.0 Å². The monoisotopic (exact) mass is 284 g/mol. The van der Waals surface area contributed by atoms with Crippen LogP contribution in [0.15, 0.2) is 12.1 Å². The number of rotatable bonds is 2. The van der Waals surface area contributed by atoms with Gasteiger partial charge < -0.3 is 4.98 Å². The van der Waals surface area contributed by atoms with Gasteiger partial charge in [-0.15, -0.1) is 0 Å². The third kappa shape index (κ3) is 2.40. The quantitative estimate of drug-likeness (QED) is 0.664. The van der Waals surface area contributed by atoms with Gasteiger partial charge in [-0.3, -0.25) is 0 Å². The van der Waals surface area contributed by atoms with E-state index >= 15 is 0 Å². The van der Waals surface area contributed by atoms with Crippen LogP contribution in [0.2, 0.25) is 0 Å². The molecule has 1 heterocycles. The predicted molar refractivity (Wildman–Crippen MR) is 68.8 cm³/mol. The van der Waals surface area contributed by atoms with E-state index in [1.54, 1.807) is 6.92 Å². The molecule has 0 saturated heterocycles. The van der Waals surface area contributed by atoms with Crippen LogP contribution in [0.5, 0.6) is 0 Å². The van der Waals surface area contributed by atoms with E-state index in [1.807, 2.05) is 6.92 Å². The fraction of sp³-hybridized carbons (Fsp3) is 0.231. The predicted octanol–water partition coefficient (Wildman–Crippen LogP) is 4.09. The van der Waals surface area contributed by atoms with Gasteiger partial charge in [0.15, 0.2) is 17.5 Å². The van der Waals surface area contributed by atoms with Gasteiger partial charge >= 0.3 is 0 Å². The summed E-state index contributed by atoms with van der Waals surface area (Å²) in [7, 11) is 0. The van der Waals surface area contributed by atoms with Crippen molar-refractivity contribution in [3.05, 3.63) is 45.6 Å². The Balaban J connectivity index is 2.75. The minimum absolute atomic E-state index is 0.0559. The molecule has 0 aliphatic carbocycles. The summed E-state index contributed by atoms with van der Waals surface area (Å²) in [6, 6.07) is 2.07. The van der Waals surface area contributed by atoms with Crippen LogP contribution < -0.4 is 0 Å². The number of nitrogens with one attached hydrogen (secondary N) is 1. The van der Waals surface area contributed by atoms with Crippen molar-refractivity contribution >= 4 is 12.2 Å². The minimum atomic E-state index is -1.49. The van der Waals surface area contributed by atoms with Crippen molar-refractivity contribution in [3.63, 3.8) is 0 Å². The molecule has 0 aliphatic rings. The zero-order valence-electron chi connectivity index (χ0n) is 10.4. The normalized spacial score (nSPS) is 10.8. The number of aromatic amines is 1. The standard InChI is InChI=1S/C13H11F3N2S/c1-3-9-17-12(6(2)13(19)18-9)7-4-5-8(14)11(16)10(7)15/h4-5H,3H2,1-2H3,(H,17,18,19). The molecule has 0 unspecified atom stereocenters. The number of halogens is 3. The zero-order valence-corrected chi connectivity index (χ0v) is 11.2. The molecule has 1 aromatic heterocycles. The van der Waals surface area contributed by atoms with E-state index in [0.29, 0.717) is 28.1 Å². The molecule has 0 spiro atoms. The van der Waals surface area contributed by atoms with Crippen molar-refractivity contribution in [2.24, 2.45) is 0 Å². The average Bonchev–Trinajstić information content (AvgIpc) is 2.40. The number of nitrogens with zero attached hydrogens (tertiary/aromatic N) is 1. The van der Waals surface area contributed by atoms with E-state index in [1.165, 1.54) is 6.07 Å². The Hall–Kier alpha value is -1.69. The lowest BCUT2D eigenvalue weighted by Gasteiger charge is -2.10. The molecule has 0 bridgehead atoms. The molecule has 6 heteroatoms. The summed E-state index contributed by atoms with van der Waals surface area (Å²) in [5.41, 5.74) is 0.796. The van der Waals surface area contributed by atoms with Gasteiger partial charge in [-0.25, -0.2) is 18.2 Å².